The van der Waals surface area contributed by atoms with Gasteiger partial charge in [0.25, 0.3) is 0 Å². The number of benzene rings is 1. The summed E-state index contributed by atoms with van der Waals surface area (Å²) in [6, 6.07) is 10.7. The fourth-order valence-corrected chi connectivity index (χ4v) is 1.89. The Morgan fingerprint density at radius 2 is 1.95 bits per heavy atom. The summed E-state index contributed by atoms with van der Waals surface area (Å²) in [4.78, 5) is 4.13. The Bertz CT molecular complexity index is 531. The van der Waals surface area contributed by atoms with Gasteiger partial charge >= 0.3 is 0 Å². The smallest absolute Gasteiger partial charge is 0.217 e. The minimum absolute atomic E-state index is 0.150. The van der Waals surface area contributed by atoms with Crippen molar-refractivity contribution in [2.24, 2.45) is 0 Å². The van der Waals surface area contributed by atoms with Crippen molar-refractivity contribution < 1.29 is 9.13 Å². The first-order chi connectivity index (χ1) is 9.31. The highest BCUT2D eigenvalue weighted by molar-refractivity contribution is 5.25. The van der Waals surface area contributed by atoms with Gasteiger partial charge < -0.3 is 10.1 Å². The molecule has 0 fully saturated rings. The second-order valence-electron chi connectivity index (χ2n) is 4.19. The first kappa shape index (κ1) is 13.5. The summed E-state index contributed by atoms with van der Waals surface area (Å²) in [5.74, 6) is 0.476. The summed E-state index contributed by atoms with van der Waals surface area (Å²) >= 11 is 0. The van der Waals surface area contributed by atoms with Crippen molar-refractivity contribution in [1.82, 2.24) is 10.3 Å². The summed E-state index contributed by atoms with van der Waals surface area (Å²) in [6.45, 7) is 1.37. The third-order valence-corrected chi connectivity index (χ3v) is 2.89. The van der Waals surface area contributed by atoms with E-state index in [4.69, 9.17) is 4.74 Å². The molecule has 0 saturated heterocycles. The topological polar surface area (TPSA) is 34.1 Å². The number of hydrogen-bond donors (Lipinski definition) is 1. The van der Waals surface area contributed by atoms with Crippen LogP contribution in [0, 0.1) is 5.82 Å². The maximum absolute atomic E-state index is 13.4. The molecule has 1 heterocycles. The standard InChI is InChI=1S/C15H17FN2O/c1-19-15-13(6-4-9-18-15)11-17-10-8-12-5-2-3-7-14(12)16/h2-7,9,17H,8,10-11H2,1H3. The fraction of sp³-hybridized carbons (Fsp3) is 0.267. The van der Waals surface area contributed by atoms with Crippen molar-refractivity contribution >= 4 is 0 Å². The van der Waals surface area contributed by atoms with E-state index in [1.54, 1.807) is 19.4 Å². The van der Waals surface area contributed by atoms with E-state index in [1.165, 1.54) is 6.07 Å². The van der Waals surface area contributed by atoms with E-state index in [2.05, 4.69) is 10.3 Å². The molecule has 1 aromatic heterocycles. The SMILES string of the molecule is COc1ncccc1CNCCc1ccccc1F. The molecule has 0 spiro atoms. The van der Waals surface area contributed by atoms with Crippen LogP contribution in [-0.4, -0.2) is 18.6 Å². The van der Waals surface area contributed by atoms with Crippen molar-refractivity contribution in [1.29, 1.82) is 0 Å². The Hall–Kier alpha value is -1.94. The van der Waals surface area contributed by atoms with Gasteiger partial charge in [-0.3, -0.25) is 0 Å². The molecular formula is C15H17FN2O. The summed E-state index contributed by atoms with van der Waals surface area (Å²) in [7, 11) is 1.60. The number of aromatic nitrogens is 1. The van der Waals surface area contributed by atoms with Gasteiger partial charge in [0.15, 0.2) is 0 Å². The van der Waals surface area contributed by atoms with Gasteiger partial charge in [0.1, 0.15) is 5.82 Å². The number of pyridine rings is 1. The first-order valence-electron chi connectivity index (χ1n) is 6.23. The van der Waals surface area contributed by atoms with E-state index in [-0.39, 0.29) is 5.82 Å². The molecule has 0 amide bonds. The monoisotopic (exact) mass is 260 g/mol. The Morgan fingerprint density at radius 3 is 2.74 bits per heavy atom. The number of methoxy groups -OCH3 is 1. The molecule has 4 heteroatoms. The van der Waals surface area contributed by atoms with Gasteiger partial charge in [-0.2, -0.15) is 0 Å². The van der Waals surface area contributed by atoms with E-state index in [9.17, 15) is 4.39 Å². The zero-order valence-electron chi connectivity index (χ0n) is 10.9. The predicted molar refractivity (Wildman–Crippen MR) is 72.6 cm³/mol. The molecule has 0 unspecified atom stereocenters. The lowest BCUT2D eigenvalue weighted by atomic mass is 10.1. The molecule has 0 aliphatic heterocycles. The lowest BCUT2D eigenvalue weighted by Crippen LogP contribution is -2.17. The van der Waals surface area contributed by atoms with Crippen LogP contribution in [0.25, 0.3) is 0 Å². The molecular weight excluding hydrogens is 243 g/mol. The van der Waals surface area contributed by atoms with Crippen LogP contribution in [0.3, 0.4) is 0 Å². The van der Waals surface area contributed by atoms with Gasteiger partial charge in [-0.15, -0.1) is 0 Å². The number of hydrogen-bond acceptors (Lipinski definition) is 3. The molecule has 0 saturated carbocycles. The molecule has 1 N–H and O–H groups in total. The highest BCUT2D eigenvalue weighted by atomic mass is 19.1. The Balaban J connectivity index is 1.83. The van der Waals surface area contributed by atoms with Gasteiger partial charge in [0.2, 0.25) is 5.88 Å². The van der Waals surface area contributed by atoms with Crippen molar-refractivity contribution in [3.05, 3.63) is 59.5 Å². The number of nitrogens with one attached hydrogen (secondary N) is 1. The molecule has 19 heavy (non-hydrogen) atoms. The molecule has 100 valence electrons. The summed E-state index contributed by atoms with van der Waals surface area (Å²) in [6.07, 6.45) is 2.36. The molecule has 0 atom stereocenters. The predicted octanol–water partition coefficient (Wildman–Crippen LogP) is 2.56. The van der Waals surface area contributed by atoms with Crippen LogP contribution in [0.5, 0.6) is 5.88 Å². The van der Waals surface area contributed by atoms with Crippen LogP contribution in [0.2, 0.25) is 0 Å². The van der Waals surface area contributed by atoms with E-state index >= 15 is 0 Å². The fourth-order valence-electron chi connectivity index (χ4n) is 1.89. The van der Waals surface area contributed by atoms with Crippen molar-refractivity contribution in [3.8, 4) is 5.88 Å². The lowest BCUT2D eigenvalue weighted by molar-refractivity contribution is 0.390. The van der Waals surface area contributed by atoms with E-state index in [0.717, 1.165) is 11.1 Å². The summed E-state index contributed by atoms with van der Waals surface area (Å²) < 4.78 is 18.6. The van der Waals surface area contributed by atoms with Gasteiger partial charge in [-0.25, -0.2) is 9.37 Å². The Morgan fingerprint density at radius 1 is 1.16 bits per heavy atom. The normalized spacial score (nSPS) is 10.4. The molecule has 0 aliphatic rings. The Labute approximate surface area is 112 Å². The van der Waals surface area contributed by atoms with Crippen LogP contribution < -0.4 is 10.1 Å². The minimum atomic E-state index is -0.150. The van der Waals surface area contributed by atoms with E-state index in [1.807, 2.05) is 24.3 Å². The summed E-state index contributed by atoms with van der Waals surface area (Å²) in [5, 5.41) is 3.27. The van der Waals surface area contributed by atoms with Crippen molar-refractivity contribution in [2.75, 3.05) is 13.7 Å². The van der Waals surface area contributed by atoms with Crippen LogP contribution in [0.4, 0.5) is 4.39 Å². The number of ether oxygens (including phenoxy) is 1. The Kier molecular flexibility index (Phi) is 4.86. The van der Waals surface area contributed by atoms with Crippen LogP contribution in [0.1, 0.15) is 11.1 Å². The van der Waals surface area contributed by atoms with Gasteiger partial charge in [0.05, 0.1) is 7.11 Å². The minimum Gasteiger partial charge on any atom is -0.481 e. The van der Waals surface area contributed by atoms with Crippen molar-refractivity contribution in [3.63, 3.8) is 0 Å². The summed E-state index contributed by atoms with van der Waals surface area (Å²) in [5.41, 5.74) is 1.73. The number of halogens is 1. The maximum Gasteiger partial charge on any atom is 0.217 e. The molecule has 0 radical (unpaired) electrons. The second kappa shape index (κ2) is 6.85. The first-order valence-corrected chi connectivity index (χ1v) is 6.23. The van der Waals surface area contributed by atoms with E-state index < -0.39 is 0 Å². The quantitative estimate of drug-likeness (QED) is 0.811. The molecule has 2 aromatic rings. The molecule has 0 bridgehead atoms. The number of nitrogens with zero attached hydrogens (tertiary/aromatic N) is 1. The zero-order valence-corrected chi connectivity index (χ0v) is 10.9. The van der Waals surface area contributed by atoms with Gasteiger partial charge in [-0.05, 0) is 30.7 Å². The molecule has 1 aromatic carbocycles. The largest absolute Gasteiger partial charge is 0.481 e. The average molecular weight is 260 g/mol. The van der Waals surface area contributed by atoms with Crippen LogP contribution in [-0.2, 0) is 13.0 Å². The molecule has 0 aliphatic carbocycles. The van der Waals surface area contributed by atoms with Gasteiger partial charge in [0, 0.05) is 18.3 Å². The van der Waals surface area contributed by atoms with Gasteiger partial charge in [-0.1, -0.05) is 24.3 Å². The van der Waals surface area contributed by atoms with Crippen LogP contribution in [0.15, 0.2) is 42.6 Å². The highest BCUT2D eigenvalue weighted by Crippen LogP contribution is 2.13. The zero-order chi connectivity index (χ0) is 13.5. The molecule has 2 rings (SSSR count). The van der Waals surface area contributed by atoms with Crippen LogP contribution >= 0.6 is 0 Å². The lowest BCUT2D eigenvalue weighted by Gasteiger charge is -2.08. The third-order valence-electron chi connectivity index (χ3n) is 2.89. The van der Waals surface area contributed by atoms with E-state index in [0.29, 0.717) is 25.4 Å². The highest BCUT2D eigenvalue weighted by Gasteiger charge is 2.03. The molecule has 3 nitrogen and oxygen atoms in total. The van der Waals surface area contributed by atoms with Crippen molar-refractivity contribution in [2.45, 2.75) is 13.0 Å². The second-order valence-corrected chi connectivity index (χ2v) is 4.19. The third kappa shape index (κ3) is 3.76. The maximum atomic E-state index is 13.4. The number of rotatable bonds is 6. The average Bonchev–Trinajstić information content (AvgIpc) is 2.45.